The van der Waals surface area contributed by atoms with Crippen LogP contribution in [0.25, 0.3) is 10.8 Å². The molecule has 0 unspecified atom stereocenters. The van der Waals surface area contributed by atoms with Crippen LogP contribution in [-0.2, 0) is 9.59 Å². The molecule has 1 aliphatic heterocycles. The number of benzene rings is 3. The first kappa shape index (κ1) is 19.7. The van der Waals surface area contributed by atoms with E-state index in [0.717, 1.165) is 16.3 Å². The number of amides is 2. The summed E-state index contributed by atoms with van der Waals surface area (Å²) in [4.78, 5) is 24.7. The quantitative estimate of drug-likeness (QED) is 0.643. The summed E-state index contributed by atoms with van der Waals surface area (Å²) in [5.74, 6) is -0.595. The molecule has 0 bridgehead atoms. The first-order valence-corrected chi connectivity index (χ1v) is 10.5. The monoisotopic (exact) mass is 413 g/mol. The highest BCUT2D eigenvalue weighted by Gasteiger charge is 2.30. The highest BCUT2D eigenvalue weighted by Crippen LogP contribution is 2.38. The largest absolute Gasteiger partial charge is 0.325 e. The number of nitrogens with one attached hydrogen (secondary N) is 2. The van der Waals surface area contributed by atoms with Crippen molar-refractivity contribution in [3.05, 3.63) is 89.0 Å². The van der Waals surface area contributed by atoms with Crippen LogP contribution >= 0.6 is 11.8 Å². The predicted molar refractivity (Wildman–Crippen MR) is 120 cm³/mol. The average Bonchev–Trinajstić information content (AvgIpc) is 2.77. The van der Waals surface area contributed by atoms with E-state index in [-0.39, 0.29) is 29.9 Å². The Bertz CT molecular complexity index is 1180. The number of nitriles is 1. The van der Waals surface area contributed by atoms with Crippen LogP contribution in [-0.4, -0.2) is 17.6 Å². The summed E-state index contributed by atoms with van der Waals surface area (Å²) < 4.78 is 0. The zero-order valence-corrected chi connectivity index (χ0v) is 16.9. The molecule has 30 heavy (non-hydrogen) atoms. The first-order chi connectivity index (χ1) is 14.7. The lowest BCUT2D eigenvalue weighted by atomic mass is 9.84. The number of fused-ring (bicyclic) bond motifs is 1. The Morgan fingerprint density at radius 2 is 1.80 bits per heavy atom. The Balaban J connectivity index is 1.60. The Morgan fingerprint density at radius 3 is 2.60 bits per heavy atom. The summed E-state index contributed by atoms with van der Waals surface area (Å²) in [6, 6.07) is 25.3. The molecule has 5 nitrogen and oxygen atoms in total. The molecule has 0 aliphatic carbocycles. The minimum atomic E-state index is -0.338. The number of hydrogen-bond donors (Lipinski definition) is 2. The van der Waals surface area contributed by atoms with E-state index in [1.54, 1.807) is 0 Å². The van der Waals surface area contributed by atoms with Crippen LogP contribution in [0.1, 0.15) is 17.9 Å². The lowest BCUT2D eigenvalue weighted by Crippen LogP contribution is -2.31. The molecule has 1 heterocycles. The van der Waals surface area contributed by atoms with Crippen molar-refractivity contribution in [3.63, 3.8) is 0 Å². The molecule has 3 aromatic carbocycles. The maximum atomic E-state index is 12.4. The van der Waals surface area contributed by atoms with Gasteiger partial charge < -0.3 is 10.6 Å². The molecule has 3 aromatic rings. The molecule has 0 saturated carbocycles. The van der Waals surface area contributed by atoms with Crippen LogP contribution in [0.3, 0.4) is 0 Å². The Morgan fingerprint density at radius 1 is 1.07 bits per heavy atom. The number of thioether (sulfide) groups is 1. The molecule has 1 atom stereocenters. The van der Waals surface area contributed by atoms with E-state index in [1.165, 1.54) is 11.8 Å². The van der Waals surface area contributed by atoms with Crippen molar-refractivity contribution < 1.29 is 9.59 Å². The van der Waals surface area contributed by atoms with Gasteiger partial charge in [-0.1, -0.05) is 72.4 Å². The predicted octanol–water partition coefficient (Wildman–Crippen LogP) is 4.55. The van der Waals surface area contributed by atoms with Crippen molar-refractivity contribution in [1.29, 1.82) is 5.26 Å². The smallest absolute Gasteiger partial charge is 0.234 e. The van der Waals surface area contributed by atoms with Crippen molar-refractivity contribution in [2.75, 3.05) is 11.1 Å². The number of allylic oxidation sites excluding steroid dienone is 1. The number of nitrogens with zero attached hydrogens (tertiary/aromatic N) is 1. The van der Waals surface area contributed by atoms with Gasteiger partial charge in [-0.3, -0.25) is 9.59 Å². The number of carbonyl (C=O) groups excluding carboxylic acids is 2. The van der Waals surface area contributed by atoms with Crippen LogP contribution in [0.15, 0.2) is 83.4 Å². The van der Waals surface area contributed by atoms with Gasteiger partial charge in [0.1, 0.15) is 0 Å². The lowest BCUT2D eigenvalue weighted by Gasteiger charge is -2.26. The number of carbonyl (C=O) groups is 2. The van der Waals surface area contributed by atoms with Crippen molar-refractivity contribution in [1.82, 2.24) is 5.32 Å². The minimum Gasteiger partial charge on any atom is -0.325 e. The second-order valence-corrected chi connectivity index (χ2v) is 7.92. The van der Waals surface area contributed by atoms with E-state index in [9.17, 15) is 14.9 Å². The standard InChI is InChI=1S/C24H19N3O2S/c25-14-21-20(19-12-6-8-16-7-4-5-11-18(16)19)13-22(28)27-24(21)30-15-23(29)26-17-9-2-1-3-10-17/h1-12,20H,13,15H2,(H,26,29)(H,27,28)/t20-/m0/s1. The van der Waals surface area contributed by atoms with E-state index < -0.39 is 0 Å². The Kier molecular flexibility index (Phi) is 5.82. The fourth-order valence-corrected chi connectivity index (χ4v) is 4.49. The summed E-state index contributed by atoms with van der Waals surface area (Å²) in [5, 5.41) is 18.0. The second-order valence-electron chi connectivity index (χ2n) is 6.93. The van der Waals surface area contributed by atoms with Gasteiger partial charge in [0.05, 0.1) is 22.4 Å². The summed E-state index contributed by atoms with van der Waals surface area (Å²) >= 11 is 1.18. The van der Waals surface area contributed by atoms with Gasteiger partial charge in [-0.15, -0.1) is 0 Å². The molecule has 0 radical (unpaired) electrons. The van der Waals surface area contributed by atoms with Gasteiger partial charge in [-0.05, 0) is 28.5 Å². The molecule has 148 valence electrons. The molecular weight excluding hydrogens is 394 g/mol. The molecular formula is C24H19N3O2S. The maximum Gasteiger partial charge on any atom is 0.234 e. The number of para-hydroxylation sites is 1. The third-order valence-corrected chi connectivity index (χ3v) is 5.98. The van der Waals surface area contributed by atoms with Crippen molar-refractivity contribution in [3.8, 4) is 6.07 Å². The second kappa shape index (κ2) is 8.85. The van der Waals surface area contributed by atoms with Crippen LogP contribution in [0.4, 0.5) is 5.69 Å². The summed E-state index contributed by atoms with van der Waals surface area (Å²) in [6.45, 7) is 0. The molecule has 0 aromatic heterocycles. The van der Waals surface area contributed by atoms with Gasteiger partial charge >= 0.3 is 0 Å². The highest BCUT2D eigenvalue weighted by molar-refractivity contribution is 8.03. The molecule has 6 heteroatoms. The van der Waals surface area contributed by atoms with Gasteiger partial charge in [0.2, 0.25) is 11.8 Å². The normalized spacial score (nSPS) is 16.1. The molecule has 0 fully saturated rings. The van der Waals surface area contributed by atoms with E-state index >= 15 is 0 Å². The zero-order valence-electron chi connectivity index (χ0n) is 16.1. The minimum absolute atomic E-state index is 0.0952. The molecule has 2 amide bonds. The fraction of sp³-hybridized carbons (Fsp3) is 0.125. The fourth-order valence-electron chi connectivity index (χ4n) is 3.61. The third-order valence-electron chi connectivity index (χ3n) is 4.96. The molecule has 1 aliphatic rings. The van der Waals surface area contributed by atoms with Gasteiger partial charge in [-0.2, -0.15) is 5.26 Å². The van der Waals surface area contributed by atoms with Gasteiger partial charge in [0.25, 0.3) is 0 Å². The first-order valence-electron chi connectivity index (χ1n) is 9.55. The van der Waals surface area contributed by atoms with Gasteiger partial charge in [-0.25, -0.2) is 0 Å². The lowest BCUT2D eigenvalue weighted by molar-refractivity contribution is -0.121. The molecule has 4 rings (SSSR count). The number of hydrogen-bond acceptors (Lipinski definition) is 4. The number of anilines is 1. The SMILES string of the molecule is N#CC1=C(SCC(=O)Nc2ccccc2)NC(=O)C[C@H]1c1cccc2ccccc12. The Hall–Kier alpha value is -3.56. The van der Waals surface area contributed by atoms with Crippen LogP contribution in [0.5, 0.6) is 0 Å². The number of rotatable bonds is 5. The van der Waals surface area contributed by atoms with Gasteiger partial charge in [0, 0.05) is 18.0 Å². The zero-order chi connectivity index (χ0) is 20.9. The van der Waals surface area contributed by atoms with Crippen molar-refractivity contribution in [2.45, 2.75) is 12.3 Å². The van der Waals surface area contributed by atoms with Crippen LogP contribution in [0, 0.1) is 11.3 Å². The maximum absolute atomic E-state index is 12.4. The molecule has 0 saturated heterocycles. The van der Waals surface area contributed by atoms with E-state index in [4.69, 9.17) is 0 Å². The molecule has 2 N–H and O–H groups in total. The summed E-state index contributed by atoms with van der Waals surface area (Å²) in [6.07, 6.45) is 0.206. The summed E-state index contributed by atoms with van der Waals surface area (Å²) in [5.41, 5.74) is 2.15. The average molecular weight is 414 g/mol. The molecule has 0 spiro atoms. The van der Waals surface area contributed by atoms with Crippen LogP contribution < -0.4 is 10.6 Å². The van der Waals surface area contributed by atoms with E-state index in [2.05, 4.69) is 16.7 Å². The third kappa shape index (κ3) is 4.22. The topological polar surface area (TPSA) is 82.0 Å². The van der Waals surface area contributed by atoms with Crippen LogP contribution in [0.2, 0.25) is 0 Å². The van der Waals surface area contributed by atoms with Crippen molar-refractivity contribution >= 4 is 40.0 Å². The van der Waals surface area contributed by atoms with E-state index in [0.29, 0.717) is 16.3 Å². The summed E-state index contributed by atoms with van der Waals surface area (Å²) in [7, 11) is 0. The van der Waals surface area contributed by atoms with E-state index in [1.807, 2.05) is 72.8 Å². The Labute approximate surface area is 178 Å². The van der Waals surface area contributed by atoms with Gasteiger partial charge in [0.15, 0.2) is 0 Å². The van der Waals surface area contributed by atoms with Crippen molar-refractivity contribution in [2.24, 2.45) is 0 Å². The highest BCUT2D eigenvalue weighted by atomic mass is 32.2.